The van der Waals surface area contributed by atoms with Gasteiger partial charge in [-0.2, -0.15) is 13.2 Å². The molecule has 1 heterocycles. The van der Waals surface area contributed by atoms with Crippen molar-refractivity contribution in [3.63, 3.8) is 0 Å². The number of rotatable bonds is 3. The van der Waals surface area contributed by atoms with Gasteiger partial charge in [-0.05, 0) is 75.3 Å². The molecule has 2 aliphatic carbocycles. The number of hydrogen-bond donors (Lipinski definition) is 1. The van der Waals surface area contributed by atoms with Crippen LogP contribution >= 0.6 is 0 Å². The third-order valence-corrected chi connectivity index (χ3v) is 7.85. The third-order valence-electron chi connectivity index (χ3n) is 7.85. The monoisotopic (exact) mass is 423 g/mol. The molecule has 3 nitrogen and oxygen atoms in total. The molecular weight excluding hydrogens is 391 g/mol. The molecule has 4 rings (SSSR count). The Balaban J connectivity index is 1.36. The Bertz CT molecular complexity index is 775. The first-order valence-electron chi connectivity index (χ1n) is 11.3. The molecule has 2 saturated carbocycles. The summed E-state index contributed by atoms with van der Waals surface area (Å²) in [4.78, 5) is 12.8. The zero-order valence-electron chi connectivity index (χ0n) is 17.9. The number of ether oxygens (including phenoxy) is 1. The first kappa shape index (κ1) is 21.5. The van der Waals surface area contributed by atoms with Gasteiger partial charge >= 0.3 is 6.18 Å². The van der Waals surface area contributed by atoms with Crippen LogP contribution in [0.15, 0.2) is 18.2 Å². The fraction of sp³-hybridized carbons (Fsp3) is 0.708. The van der Waals surface area contributed by atoms with Gasteiger partial charge in [-0.1, -0.05) is 19.9 Å². The molecule has 2 fully saturated rings. The Morgan fingerprint density at radius 2 is 1.80 bits per heavy atom. The van der Waals surface area contributed by atoms with E-state index in [-0.39, 0.29) is 17.2 Å². The van der Waals surface area contributed by atoms with Gasteiger partial charge in [0.1, 0.15) is 5.75 Å². The lowest BCUT2D eigenvalue weighted by Gasteiger charge is -2.38. The van der Waals surface area contributed by atoms with Crippen molar-refractivity contribution in [3.05, 3.63) is 29.3 Å². The number of carbonyl (C=O) groups excluding carboxylic acids is 1. The van der Waals surface area contributed by atoms with Crippen molar-refractivity contribution in [2.75, 3.05) is 6.61 Å². The molecule has 1 aromatic rings. The summed E-state index contributed by atoms with van der Waals surface area (Å²) in [7, 11) is 0. The van der Waals surface area contributed by atoms with E-state index in [1.54, 1.807) is 6.07 Å². The highest BCUT2D eigenvalue weighted by Gasteiger charge is 2.45. The van der Waals surface area contributed by atoms with Crippen molar-refractivity contribution >= 4 is 5.91 Å². The van der Waals surface area contributed by atoms with Crippen LogP contribution in [-0.2, 0) is 16.4 Å². The van der Waals surface area contributed by atoms with E-state index in [4.69, 9.17) is 4.74 Å². The SMILES string of the molecule is CC1CCC(NC(=O)[C@@H](C)C2CCC3(CC2)COc2cc(C(F)(F)F)ccc23)CC1. The molecule has 0 bridgehead atoms. The van der Waals surface area contributed by atoms with Crippen LogP contribution in [0.25, 0.3) is 0 Å². The molecule has 3 aliphatic rings. The van der Waals surface area contributed by atoms with Gasteiger partial charge in [0.25, 0.3) is 0 Å². The van der Waals surface area contributed by atoms with Crippen LogP contribution < -0.4 is 10.1 Å². The minimum Gasteiger partial charge on any atom is -0.492 e. The Hall–Kier alpha value is -1.72. The molecule has 1 N–H and O–H groups in total. The molecule has 0 radical (unpaired) electrons. The number of alkyl halides is 3. The Morgan fingerprint density at radius 3 is 2.43 bits per heavy atom. The molecule has 1 amide bonds. The summed E-state index contributed by atoms with van der Waals surface area (Å²) >= 11 is 0. The van der Waals surface area contributed by atoms with Crippen LogP contribution in [0.4, 0.5) is 13.2 Å². The summed E-state index contributed by atoms with van der Waals surface area (Å²) in [6.45, 7) is 4.74. The number of halogens is 3. The average Bonchev–Trinajstić information content (AvgIpc) is 3.07. The largest absolute Gasteiger partial charge is 0.492 e. The maximum Gasteiger partial charge on any atom is 0.416 e. The summed E-state index contributed by atoms with van der Waals surface area (Å²) in [6, 6.07) is 4.22. The standard InChI is InChI=1S/C24H32F3NO2/c1-15-3-6-19(7-4-15)28-22(29)16(2)17-9-11-23(12-10-17)14-30-21-13-18(24(25,26)27)5-8-20(21)23/h5,8,13,15-17,19H,3-4,6-7,9-12,14H2,1-2H3,(H,28,29)/t15?,16-,17?,19?,23?/m0/s1. The molecule has 1 spiro atoms. The molecule has 1 atom stereocenters. The van der Waals surface area contributed by atoms with E-state index in [0.29, 0.717) is 24.3 Å². The predicted molar refractivity (Wildman–Crippen MR) is 109 cm³/mol. The van der Waals surface area contributed by atoms with Gasteiger partial charge in [-0.3, -0.25) is 4.79 Å². The minimum atomic E-state index is -4.36. The van der Waals surface area contributed by atoms with Crippen molar-refractivity contribution in [1.29, 1.82) is 0 Å². The number of hydrogen-bond acceptors (Lipinski definition) is 2. The van der Waals surface area contributed by atoms with Crippen LogP contribution in [0.1, 0.15) is 76.3 Å². The first-order chi connectivity index (χ1) is 14.2. The van der Waals surface area contributed by atoms with E-state index >= 15 is 0 Å². The molecule has 0 aromatic heterocycles. The fourth-order valence-electron chi connectivity index (χ4n) is 5.61. The molecule has 1 aliphatic heterocycles. The predicted octanol–water partition coefficient (Wildman–Crippen LogP) is 5.86. The summed E-state index contributed by atoms with van der Waals surface area (Å²) in [5.74, 6) is 1.58. The van der Waals surface area contributed by atoms with E-state index in [2.05, 4.69) is 12.2 Å². The highest BCUT2D eigenvalue weighted by molar-refractivity contribution is 5.79. The second-order valence-electron chi connectivity index (χ2n) is 9.87. The van der Waals surface area contributed by atoms with Gasteiger partial charge in [0.15, 0.2) is 0 Å². The Morgan fingerprint density at radius 1 is 1.13 bits per heavy atom. The minimum absolute atomic E-state index is 0.0314. The van der Waals surface area contributed by atoms with Crippen LogP contribution in [0.5, 0.6) is 5.75 Å². The number of amides is 1. The van der Waals surface area contributed by atoms with Crippen molar-refractivity contribution in [2.24, 2.45) is 17.8 Å². The lowest BCUT2D eigenvalue weighted by Crippen LogP contribution is -2.43. The Labute approximate surface area is 176 Å². The second kappa shape index (κ2) is 8.08. The van der Waals surface area contributed by atoms with Crippen molar-refractivity contribution in [3.8, 4) is 5.75 Å². The molecule has 30 heavy (non-hydrogen) atoms. The fourth-order valence-corrected chi connectivity index (χ4v) is 5.61. The van der Waals surface area contributed by atoms with E-state index in [9.17, 15) is 18.0 Å². The van der Waals surface area contributed by atoms with Crippen LogP contribution in [0.3, 0.4) is 0 Å². The van der Waals surface area contributed by atoms with Crippen molar-refractivity contribution < 1.29 is 22.7 Å². The lowest BCUT2D eigenvalue weighted by molar-refractivity contribution is -0.137. The van der Waals surface area contributed by atoms with Gasteiger partial charge in [0.05, 0.1) is 12.2 Å². The number of benzene rings is 1. The van der Waals surface area contributed by atoms with Crippen LogP contribution in [-0.4, -0.2) is 18.6 Å². The summed E-state index contributed by atoms with van der Waals surface area (Å²) in [5.41, 5.74) is 0.0443. The smallest absolute Gasteiger partial charge is 0.416 e. The maximum atomic E-state index is 13.0. The number of carbonyl (C=O) groups is 1. The molecule has 166 valence electrons. The van der Waals surface area contributed by atoms with E-state index in [1.807, 2.05) is 6.92 Å². The summed E-state index contributed by atoms with van der Waals surface area (Å²) < 4.78 is 44.7. The van der Waals surface area contributed by atoms with Crippen LogP contribution in [0, 0.1) is 17.8 Å². The van der Waals surface area contributed by atoms with Gasteiger partial charge in [-0.15, -0.1) is 0 Å². The average molecular weight is 424 g/mol. The quantitative estimate of drug-likeness (QED) is 0.662. The van der Waals surface area contributed by atoms with Gasteiger partial charge in [-0.25, -0.2) is 0 Å². The van der Waals surface area contributed by atoms with Crippen molar-refractivity contribution in [1.82, 2.24) is 5.32 Å². The number of nitrogens with one attached hydrogen (secondary N) is 1. The van der Waals surface area contributed by atoms with Crippen molar-refractivity contribution in [2.45, 2.75) is 82.8 Å². The normalized spacial score (nSPS) is 32.4. The molecule has 0 unspecified atom stereocenters. The molecule has 0 saturated heterocycles. The number of fused-ring (bicyclic) bond motifs is 2. The Kier molecular flexibility index (Phi) is 5.80. The van der Waals surface area contributed by atoms with E-state index in [0.717, 1.165) is 56.1 Å². The first-order valence-corrected chi connectivity index (χ1v) is 11.3. The highest BCUT2D eigenvalue weighted by Crippen LogP contribution is 2.51. The highest BCUT2D eigenvalue weighted by atomic mass is 19.4. The van der Waals surface area contributed by atoms with E-state index in [1.165, 1.54) is 18.9 Å². The second-order valence-corrected chi connectivity index (χ2v) is 9.87. The summed E-state index contributed by atoms with van der Waals surface area (Å²) in [5, 5.41) is 3.26. The van der Waals surface area contributed by atoms with Gasteiger partial charge in [0.2, 0.25) is 5.91 Å². The van der Waals surface area contributed by atoms with Crippen LogP contribution in [0.2, 0.25) is 0 Å². The maximum absolute atomic E-state index is 13.0. The topological polar surface area (TPSA) is 38.3 Å². The lowest BCUT2D eigenvalue weighted by atomic mass is 9.65. The molecular formula is C24H32F3NO2. The van der Waals surface area contributed by atoms with E-state index < -0.39 is 11.7 Å². The molecule has 6 heteroatoms. The zero-order valence-corrected chi connectivity index (χ0v) is 17.9. The molecule has 1 aromatic carbocycles. The van der Waals surface area contributed by atoms with Gasteiger partial charge < -0.3 is 10.1 Å². The third kappa shape index (κ3) is 4.19. The summed E-state index contributed by atoms with van der Waals surface area (Å²) in [6.07, 6.45) is 3.67. The zero-order chi connectivity index (χ0) is 21.5. The van der Waals surface area contributed by atoms with Gasteiger partial charge in [0, 0.05) is 22.9 Å².